The third-order valence-corrected chi connectivity index (χ3v) is 7.19. The number of carbonyl (C=O) groups excluding carboxylic acids is 1. The van der Waals surface area contributed by atoms with Gasteiger partial charge in [0.1, 0.15) is 17.9 Å². The van der Waals surface area contributed by atoms with Crippen molar-refractivity contribution in [2.75, 3.05) is 27.2 Å². The molecule has 4 aromatic rings. The van der Waals surface area contributed by atoms with Gasteiger partial charge >= 0.3 is 0 Å². The van der Waals surface area contributed by atoms with E-state index in [1.165, 1.54) is 0 Å². The van der Waals surface area contributed by atoms with E-state index in [1.54, 1.807) is 11.0 Å². The van der Waals surface area contributed by atoms with E-state index >= 15 is 0 Å². The van der Waals surface area contributed by atoms with Crippen LogP contribution in [-0.2, 0) is 13.0 Å². The van der Waals surface area contributed by atoms with Crippen molar-refractivity contribution in [3.8, 4) is 5.75 Å². The van der Waals surface area contributed by atoms with Gasteiger partial charge in [0.25, 0.3) is 5.91 Å². The number of rotatable bonds is 9. The number of benzene rings is 3. The molecule has 6 nitrogen and oxygen atoms in total. The summed E-state index contributed by atoms with van der Waals surface area (Å²) in [5.74, 6) is 0.536. The van der Waals surface area contributed by atoms with Crippen LogP contribution in [0.3, 0.4) is 0 Å². The number of amides is 1. The standard InChI is InChI=1S/C31H31ClN2O4/c1-4-20-11-14-26-25(17-20)29(35)27-28(34(16-6-15-33(2)3)31(36)30(27)38-26)22-7-5-8-24(18-22)37-19-21-9-12-23(32)13-10-21/h5,7-14,17-18,28H,4,6,15-16,19H2,1-3H3. The molecule has 3 aromatic carbocycles. The van der Waals surface area contributed by atoms with Crippen LogP contribution < -0.4 is 10.2 Å². The first kappa shape index (κ1) is 26.0. The Morgan fingerprint density at radius 2 is 1.76 bits per heavy atom. The van der Waals surface area contributed by atoms with Gasteiger partial charge in [0.05, 0.1) is 17.0 Å². The Morgan fingerprint density at radius 1 is 1.00 bits per heavy atom. The van der Waals surface area contributed by atoms with Crippen molar-refractivity contribution in [3.63, 3.8) is 0 Å². The predicted octanol–water partition coefficient (Wildman–Crippen LogP) is 6.08. The molecule has 0 saturated heterocycles. The van der Waals surface area contributed by atoms with Crippen molar-refractivity contribution in [3.05, 3.63) is 110 Å². The summed E-state index contributed by atoms with van der Waals surface area (Å²) in [6, 6.07) is 20.2. The van der Waals surface area contributed by atoms with E-state index < -0.39 is 6.04 Å². The van der Waals surface area contributed by atoms with Gasteiger partial charge in [-0.15, -0.1) is 0 Å². The molecule has 2 heterocycles. The smallest absolute Gasteiger partial charge is 0.290 e. The van der Waals surface area contributed by atoms with Gasteiger partial charge in [-0.05, 0) is 86.6 Å². The van der Waals surface area contributed by atoms with Gasteiger partial charge in [-0.1, -0.05) is 48.9 Å². The van der Waals surface area contributed by atoms with Crippen LogP contribution in [0.25, 0.3) is 11.0 Å². The van der Waals surface area contributed by atoms with Crippen molar-refractivity contribution in [1.29, 1.82) is 0 Å². The van der Waals surface area contributed by atoms with Gasteiger partial charge in [-0.25, -0.2) is 0 Å². The maximum absolute atomic E-state index is 13.9. The lowest BCUT2D eigenvalue weighted by molar-refractivity contribution is 0.0722. The summed E-state index contributed by atoms with van der Waals surface area (Å²) >= 11 is 6.00. The van der Waals surface area contributed by atoms with Crippen LogP contribution in [0.5, 0.6) is 5.75 Å². The molecule has 1 aliphatic heterocycles. The molecule has 7 heteroatoms. The number of fused-ring (bicyclic) bond motifs is 2. The molecule has 5 rings (SSSR count). The summed E-state index contributed by atoms with van der Waals surface area (Å²) in [6.45, 7) is 3.74. The Bertz CT molecular complexity index is 1530. The maximum atomic E-state index is 13.9. The first-order valence-electron chi connectivity index (χ1n) is 12.9. The van der Waals surface area contributed by atoms with Crippen LogP contribution in [-0.4, -0.2) is 42.9 Å². The molecule has 0 radical (unpaired) electrons. The number of aryl methyl sites for hydroxylation is 1. The number of ether oxygens (including phenoxy) is 1. The molecule has 1 aliphatic rings. The van der Waals surface area contributed by atoms with E-state index in [-0.39, 0.29) is 17.1 Å². The van der Waals surface area contributed by atoms with Gasteiger partial charge < -0.3 is 19.0 Å². The SMILES string of the molecule is CCc1ccc2oc3c(c(=O)c2c1)C(c1cccc(OCc2ccc(Cl)cc2)c1)N(CCCN(C)C)C3=O. The Labute approximate surface area is 227 Å². The number of halogens is 1. The highest BCUT2D eigenvalue weighted by Crippen LogP contribution is 2.39. The molecule has 196 valence electrons. The Morgan fingerprint density at radius 3 is 2.50 bits per heavy atom. The van der Waals surface area contributed by atoms with E-state index in [1.807, 2.05) is 81.7 Å². The number of carbonyl (C=O) groups is 1. The van der Waals surface area contributed by atoms with Crippen LogP contribution in [0.2, 0.25) is 5.02 Å². The first-order chi connectivity index (χ1) is 18.4. The van der Waals surface area contributed by atoms with Crippen LogP contribution in [0.1, 0.15) is 52.2 Å². The van der Waals surface area contributed by atoms with Gasteiger partial charge in [0, 0.05) is 11.6 Å². The minimum atomic E-state index is -0.551. The molecule has 1 amide bonds. The minimum Gasteiger partial charge on any atom is -0.489 e. The topological polar surface area (TPSA) is 63.0 Å². The highest BCUT2D eigenvalue weighted by Gasteiger charge is 2.42. The van der Waals surface area contributed by atoms with Crippen molar-refractivity contribution in [2.24, 2.45) is 0 Å². The zero-order valence-corrected chi connectivity index (χ0v) is 22.6. The monoisotopic (exact) mass is 530 g/mol. The summed E-state index contributed by atoms with van der Waals surface area (Å²) in [7, 11) is 4.01. The van der Waals surface area contributed by atoms with Crippen LogP contribution in [0, 0.1) is 0 Å². The fraction of sp³-hybridized carbons (Fsp3) is 0.290. The van der Waals surface area contributed by atoms with Gasteiger partial charge in [0.2, 0.25) is 5.76 Å². The lowest BCUT2D eigenvalue weighted by atomic mass is 9.97. The molecule has 1 aromatic heterocycles. The normalized spacial score (nSPS) is 14.9. The van der Waals surface area contributed by atoms with Gasteiger partial charge in [-0.3, -0.25) is 9.59 Å². The van der Waals surface area contributed by atoms with Crippen LogP contribution in [0.15, 0.2) is 75.9 Å². The third kappa shape index (κ3) is 5.19. The molecule has 0 saturated carbocycles. The molecule has 0 fully saturated rings. The molecule has 1 unspecified atom stereocenters. The second-order valence-corrected chi connectivity index (χ2v) is 10.3. The Balaban J connectivity index is 1.55. The average molecular weight is 531 g/mol. The second kappa shape index (κ2) is 11.0. The summed E-state index contributed by atoms with van der Waals surface area (Å²) in [4.78, 5) is 31.4. The Hall–Kier alpha value is -3.61. The molecular formula is C31H31ClN2O4. The zero-order valence-electron chi connectivity index (χ0n) is 21.9. The largest absolute Gasteiger partial charge is 0.489 e. The molecule has 0 bridgehead atoms. The van der Waals surface area contributed by atoms with Crippen LogP contribution in [0.4, 0.5) is 0 Å². The Kier molecular flexibility index (Phi) is 7.54. The fourth-order valence-electron chi connectivity index (χ4n) is 4.94. The summed E-state index contributed by atoms with van der Waals surface area (Å²) in [5.41, 5.74) is 3.53. The maximum Gasteiger partial charge on any atom is 0.290 e. The summed E-state index contributed by atoms with van der Waals surface area (Å²) < 4.78 is 12.2. The quantitative estimate of drug-likeness (QED) is 0.262. The van der Waals surface area contributed by atoms with Gasteiger partial charge in [0.15, 0.2) is 5.43 Å². The predicted molar refractivity (Wildman–Crippen MR) is 150 cm³/mol. The third-order valence-electron chi connectivity index (χ3n) is 6.94. The fourth-order valence-corrected chi connectivity index (χ4v) is 5.07. The summed E-state index contributed by atoms with van der Waals surface area (Å²) in [6.07, 6.45) is 1.57. The number of nitrogens with zero attached hydrogens (tertiary/aromatic N) is 2. The lowest BCUT2D eigenvalue weighted by Gasteiger charge is -2.26. The van der Waals surface area contributed by atoms with E-state index in [0.29, 0.717) is 40.5 Å². The molecular weight excluding hydrogens is 500 g/mol. The van der Waals surface area contributed by atoms with E-state index in [4.69, 9.17) is 20.8 Å². The highest BCUT2D eigenvalue weighted by atomic mass is 35.5. The molecule has 0 aliphatic carbocycles. The van der Waals surface area contributed by atoms with Crippen molar-refractivity contribution < 1.29 is 13.9 Å². The summed E-state index contributed by atoms with van der Waals surface area (Å²) in [5, 5.41) is 1.18. The average Bonchev–Trinajstić information content (AvgIpc) is 3.20. The highest BCUT2D eigenvalue weighted by molar-refractivity contribution is 6.30. The molecule has 1 atom stereocenters. The second-order valence-electron chi connectivity index (χ2n) is 9.90. The van der Waals surface area contributed by atoms with Crippen molar-refractivity contribution in [1.82, 2.24) is 9.80 Å². The molecule has 0 N–H and O–H groups in total. The molecule has 0 spiro atoms. The lowest BCUT2D eigenvalue weighted by Crippen LogP contribution is -2.32. The van der Waals surface area contributed by atoms with Crippen molar-refractivity contribution >= 4 is 28.5 Å². The zero-order chi connectivity index (χ0) is 26.8. The number of hydrogen-bond acceptors (Lipinski definition) is 5. The van der Waals surface area contributed by atoms with Crippen molar-refractivity contribution in [2.45, 2.75) is 32.4 Å². The molecule has 38 heavy (non-hydrogen) atoms. The van der Waals surface area contributed by atoms with Gasteiger partial charge in [-0.2, -0.15) is 0 Å². The van der Waals surface area contributed by atoms with E-state index in [0.717, 1.165) is 36.1 Å². The van der Waals surface area contributed by atoms with E-state index in [9.17, 15) is 9.59 Å². The van der Waals surface area contributed by atoms with Crippen LogP contribution >= 0.6 is 11.6 Å². The number of hydrogen-bond donors (Lipinski definition) is 0. The van der Waals surface area contributed by atoms with E-state index in [2.05, 4.69) is 4.90 Å². The first-order valence-corrected chi connectivity index (χ1v) is 13.3. The minimum absolute atomic E-state index is 0.133.